The van der Waals surface area contributed by atoms with Crippen LogP contribution in [-0.2, 0) is 11.2 Å². The Kier molecular flexibility index (Phi) is 5.82. The van der Waals surface area contributed by atoms with Crippen LogP contribution in [0.2, 0.25) is 0 Å². The van der Waals surface area contributed by atoms with E-state index in [0.717, 1.165) is 41.8 Å². The maximum Gasteiger partial charge on any atom is 0.257 e. The van der Waals surface area contributed by atoms with Crippen LogP contribution in [0.3, 0.4) is 0 Å². The van der Waals surface area contributed by atoms with E-state index >= 15 is 0 Å². The molecule has 0 bridgehead atoms. The number of carbonyl (C=O) groups is 2. The van der Waals surface area contributed by atoms with Crippen LogP contribution in [0.5, 0.6) is 0 Å². The van der Waals surface area contributed by atoms with Gasteiger partial charge in [0.1, 0.15) is 0 Å². The van der Waals surface area contributed by atoms with Gasteiger partial charge in [-0.3, -0.25) is 14.9 Å². The molecule has 1 atom stereocenters. The molecule has 2 heterocycles. The van der Waals surface area contributed by atoms with Crippen LogP contribution in [0.25, 0.3) is 11.3 Å². The number of benzene rings is 2. The third-order valence-corrected chi connectivity index (χ3v) is 6.23. The van der Waals surface area contributed by atoms with E-state index in [-0.39, 0.29) is 17.4 Å². The second-order valence-corrected chi connectivity index (χ2v) is 8.37. The van der Waals surface area contributed by atoms with Gasteiger partial charge in [-0.2, -0.15) is 0 Å². The minimum atomic E-state index is -1.08. The molecule has 0 saturated heterocycles. The number of nitrogens with zero attached hydrogens (tertiary/aromatic N) is 2. The molecule has 31 heavy (non-hydrogen) atoms. The number of thiazole rings is 1. The number of rotatable bonds is 5. The second-order valence-electron chi connectivity index (χ2n) is 7.51. The number of aromatic nitrogens is 1. The molecule has 2 amide bonds. The lowest BCUT2D eigenvalue weighted by molar-refractivity contribution is -0.121. The van der Waals surface area contributed by atoms with E-state index in [1.165, 1.54) is 17.4 Å². The first-order valence-electron chi connectivity index (χ1n) is 10.0. The quantitative estimate of drug-likeness (QED) is 0.586. The average Bonchev–Trinajstić information content (AvgIpc) is 3.41. The van der Waals surface area contributed by atoms with Gasteiger partial charge in [-0.1, -0.05) is 19.9 Å². The van der Waals surface area contributed by atoms with Crippen molar-refractivity contribution in [2.75, 3.05) is 16.8 Å². The Balaban J connectivity index is 1.50. The van der Waals surface area contributed by atoms with Crippen LogP contribution in [0.15, 0.2) is 41.8 Å². The number of hydrogen-bond acceptors (Lipinski definition) is 4. The minimum absolute atomic E-state index is 0.00933. The first-order valence-corrected chi connectivity index (χ1v) is 10.9. The first-order chi connectivity index (χ1) is 14.9. The summed E-state index contributed by atoms with van der Waals surface area (Å²) in [4.78, 5) is 31.2. The first kappa shape index (κ1) is 21.1. The molecule has 0 saturated carbocycles. The Hall–Kier alpha value is -3.13. The summed E-state index contributed by atoms with van der Waals surface area (Å²) in [5, 5.41) is 4.79. The highest BCUT2D eigenvalue weighted by molar-refractivity contribution is 7.14. The molecule has 1 aromatic heterocycles. The predicted octanol–water partition coefficient (Wildman–Crippen LogP) is 5.28. The highest BCUT2D eigenvalue weighted by atomic mass is 32.1. The van der Waals surface area contributed by atoms with E-state index in [1.807, 2.05) is 42.3 Å². The topological polar surface area (TPSA) is 62.3 Å². The molecule has 5 nitrogen and oxygen atoms in total. The molecule has 8 heteroatoms. The van der Waals surface area contributed by atoms with Crippen molar-refractivity contribution in [1.82, 2.24) is 4.98 Å². The molecule has 1 N–H and O–H groups in total. The van der Waals surface area contributed by atoms with Crippen molar-refractivity contribution in [3.63, 3.8) is 0 Å². The third-order valence-electron chi connectivity index (χ3n) is 5.48. The van der Waals surface area contributed by atoms with E-state index in [0.29, 0.717) is 17.4 Å². The van der Waals surface area contributed by atoms with Gasteiger partial charge in [0.25, 0.3) is 5.91 Å². The summed E-state index contributed by atoms with van der Waals surface area (Å²) in [6, 6.07) is 8.86. The Morgan fingerprint density at radius 3 is 2.74 bits per heavy atom. The van der Waals surface area contributed by atoms with Crippen LogP contribution in [-0.4, -0.2) is 23.3 Å². The molecule has 0 aliphatic carbocycles. The molecule has 0 spiro atoms. The van der Waals surface area contributed by atoms with Crippen LogP contribution in [0.4, 0.5) is 19.6 Å². The monoisotopic (exact) mass is 441 g/mol. The highest BCUT2D eigenvalue weighted by Crippen LogP contribution is 2.34. The largest absolute Gasteiger partial charge is 0.312 e. The number of hydrogen-bond donors (Lipinski definition) is 1. The zero-order valence-corrected chi connectivity index (χ0v) is 17.9. The van der Waals surface area contributed by atoms with Crippen molar-refractivity contribution in [2.24, 2.45) is 5.92 Å². The minimum Gasteiger partial charge on any atom is -0.312 e. The standard InChI is InChI=1S/C23H21F2N3O2S/c1-3-13(2)22(30)28-9-8-15-10-14(5-7-20(15)28)19-12-31-23(26-19)27-21(29)16-4-6-17(24)18(25)11-16/h4-7,10-13H,3,8-9H2,1-2H3,(H,26,27,29)/t13-/m0/s1. The van der Waals surface area contributed by atoms with E-state index in [9.17, 15) is 18.4 Å². The van der Waals surface area contributed by atoms with Gasteiger partial charge < -0.3 is 4.90 Å². The van der Waals surface area contributed by atoms with E-state index in [2.05, 4.69) is 10.3 Å². The fourth-order valence-electron chi connectivity index (χ4n) is 3.50. The molecular formula is C23H21F2N3O2S. The normalized spacial score (nSPS) is 13.7. The van der Waals surface area contributed by atoms with Crippen molar-refractivity contribution < 1.29 is 18.4 Å². The summed E-state index contributed by atoms with van der Waals surface area (Å²) >= 11 is 1.24. The molecule has 2 aromatic carbocycles. The van der Waals surface area contributed by atoms with Gasteiger partial charge in [-0.15, -0.1) is 11.3 Å². The molecule has 4 rings (SSSR count). The summed E-state index contributed by atoms with van der Waals surface area (Å²) in [6.07, 6.45) is 1.59. The van der Waals surface area contributed by atoms with Crippen LogP contribution < -0.4 is 10.2 Å². The Bertz CT molecular complexity index is 1160. The number of anilines is 2. The molecule has 0 fully saturated rings. The summed E-state index contributed by atoms with van der Waals surface area (Å²) in [6.45, 7) is 4.63. The van der Waals surface area contributed by atoms with Gasteiger partial charge in [0, 0.05) is 34.7 Å². The van der Waals surface area contributed by atoms with Crippen LogP contribution >= 0.6 is 11.3 Å². The third kappa shape index (κ3) is 4.20. The maximum absolute atomic E-state index is 13.4. The number of nitrogens with one attached hydrogen (secondary N) is 1. The summed E-state index contributed by atoms with van der Waals surface area (Å²) in [5.41, 5.74) is 3.63. The van der Waals surface area contributed by atoms with Gasteiger partial charge in [-0.05, 0) is 48.7 Å². The molecule has 1 aliphatic heterocycles. The van der Waals surface area contributed by atoms with Crippen LogP contribution in [0, 0.1) is 17.6 Å². The van der Waals surface area contributed by atoms with Gasteiger partial charge in [0.15, 0.2) is 16.8 Å². The van der Waals surface area contributed by atoms with Gasteiger partial charge in [0.2, 0.25) is 5.91 Å². The second kappa shape index (κ2) is 8.55. The molecular weight excluding hydrogens is 420 g/mol. The van der Waals surface area contributed by atoms with E-state index < -0.39 is 17.5 Å². The fraction of sp³-hybridized carbons (Fsp3) is 0.261. The van der Waals surface area contributed by atoms with Crippen molar-refractivity contribution in [1.29, 1.82) is 0 Å². The fourth-order valence-corrected chi connectivity index (χ4v) is 4.22. The lowest BCUT2D eigenvalue weighted by Gasteiger charge is -2.21. The van der Waals surface area contributed by atoms with E-state index in [4.69, 9.17) is 0 Å². The highest BCUT2D eigenvalue weighted by Gasteiger charge is 2.27. The molecule has 0 unspecified atom stereocenters. The summed E-state index contributed by atoms with van der Waals surface area (Å²) in [5.74, 6) is -2.51. The molecule has 3 aromatic rings. The van der Waals surface area contributed by atoms with Crippen molar-refractivity contribution >= 4 is 34.0 Å². The smallest absolute Gasteiger partial charge is 0.257 e. The number of carbonyl (C=O) groups excluding carboxylic acids is 2. The van der Waals surface area contributed by atoms with Gasteiger partial charge in [-0.25, -0.2) is 13.8 Å². The predicted molar refractivity (Wildman–Crippen MR) is 117 cm³/mol. The SMILES string of the molecule is CC[C@H](C)C(=O)N1CCc2cc(-c3csc(NC(=O)c4ccc(F)c(F)c4)n3)ccc21. The van der Waals surface area contributed by atoms with Crippen molar-refractivity contribution in [3.8, 4) is 11.3 Å². The summed E-state index contributed by atoms with van der Waals surface area (Å²) < 4.78 is 26.4. The maximum atomic E-state index is 13.4. The van der Waals surface area contributed by atoms with Gasteiger partial charge in [0.05, 0.1) is 5.69 Å². The van der Waals surface area contributed by atoms with E-state index in [1.54, 1.807) is 0 Å². The lowest BCUT2D eigenvalue weighted by Crippen LogP contribution is -2.33. The zero-order chi connectivity index (χ0) is 22.1. The van der Waals surface area contributed by atoms with Gasteiger partial charge >= 0.3 is 0 Å². The van der Waals surface area contributed by atoms with Crippen molar-refractivity contribution in [2.45, 2.75) is 26.7 Å². The molecule has 0 radical (unpaired) electrons. The molecule has 160 valence electrons. The Morgan fingerprint density at radius 1 is 1.19 bits per heavy atom. The summed E-state index contributed by atoms with van der Waals surface area (Å²) in [7, 11) is 0. The number of amides is 2. The lowest BCUT2D eigenvalue weighted by atomic mass is 10.1. The Morgan fingerprint density at radius 2 is 2.00 bits per heavy atom. The van der Waals surface area contributed by atoms with Crippen LogP contribution in [0.1, 0.15) is 36.2 Å². The Labute approximate surface area is 182 Å². The zero-order valence-electron chi connectivity index (χ0n) is 17.1. The van der Waals surface area contributed by atoms with Crippen molar-refractivity contribution in [3.05, 3.63) is 64.5 Å². The average molecular weight is 442 g/mol. The number of halogens is 2. The number of fused-ring (bicyclic) bond motifs is 1. The molecule has 1 aliphatic rings.